The second-order valence-corrected chi connectivity index (χ2v) is 6.01. The van der Waals surface area contributed by atoms with Gasteiger partial charge >= 0.3 is 11.8 Å². The Morgan fingerprint density at radius 3 is 2.85 bits per heavy atom. The Balaban J connectivity index is 1.75. The highest BCUT2D eigenvalue weighted by Crippen LogP contribution is 2.22. The molecule has 0 atom stereocenters. The fourth-order valence-electron chi connectivity index (χ4n) is 2.32. The number of amides is 1. The maximum absolute atomic E-state index is 12.0. The fraction of sp³-hybridized carbons (Fsp3) is 0.294. The molecule has 2 aromatic heterocycles. The van der Waals surface area contributed by atoms with Gasteiger partial charge in [0.05, 0.1) is 16.9 Å². The van der Waals surface area contributed by atoms with E-state index >= 15 is 0 Å². The summed E-state index contributed by atoms with van der Waals surface area (Å²) in [6, 6.07) is 7.28. The number of halogens is 1. The van der Waals surface area contributed by atoms with Crippen molar-refractivity contribution in [2.24, 2.45) is 0 Å². The zero-order chi connectivity index (χ0) is 18.5. The van der Waals surface area contributed by atoms with Gasteiger partial charge in [0.1, 0.15) is 0 Å². The van der Waals surface area contributed by atoms with E-state index in [1.165, 1.54) is 0 Å². The Bertz CT molecular complexity index is 888. The first-order chi connectivity index (χ1) is 12.6. The van der Waals surface area contributed by atoms with E-state index in [1.807, 2.05) is 19.1 Å². The van der Waals surface area contributed by atoms with E-state index in [0.717, 1.165) is 5.69 Å². The molecule has 3 rings (SSSR count). The summed E-state index contributed by atoms with van der Waals surface area (Å²) in [5.41, 5.74) is 2.25. The fourth-order valence-corrected chi connectivity index (χ4v) is 2.45. The summed E-state index contributed by atoms with van der Waals surface area (Å²) in [6.45, 7) is 2.87. The summed E-state index contributed by atoms with van der Waals surface area (Å²) in [4.78, 5) is 16.2. The van der Waals surface area contributed by atoms with Crippen molar-refractivity contribution in [2.75, 3.05) is 20.3 Å². The van der Waals surface area contributed by atoms with Crippen LogP contribution in [-0.4, -0.2) is 46.1 Å². The minimum absolute atomic E-state index is 0.0870. The van der Waals surface area contributed by atoms with Crippen molar-refractivity contribution in [1.82, 2.24) is 25.2 Å². The van der Waals surface area contributed by atoms with Gasteiger partial charge in [-0.15, -0.1) is 0 Å². The Hall–Kier alpha value is -2.71. The third-order valence-electron chi connectivity index (χ3n) is 3.66. The average molecular weight is 376 g/mol. The SMILES string of the molecule is COCCCNC(=O)c1nc(-c2cn(-c3ccc(Cl)cc3)nc2C)no1. The van der Waals surface area contributed by atoms with Crippen LogP contribution in [0.3, 0.4) is 0 Å². The van der Waals surface area contributed by atoms with Crippen LogP contribution in [0.1, 0.15) is 22.8 Å². The van der Waals surface area contributed by atoms with E-state index in [4.69, 9.17) is 20.9 Å². The van der Waals surface area contributed by atoms with Crippen molar-refractivity contribution in [2.45, 2.75) is 13.3 Å². The Labute approximate surface area is 155 Å². The van der Waals surface area contributed by atoms with Crippen molar-refractivity contribution < 1.29 is 14.1 Å². The first-order valence-corrected chi connectivity index (χ1v) is 8.39. The smallest absolute Gasteiger partial charge is 0.316 e. The number of nitrogens with one attached hydrogen (secondary N) is 1. The first kappa shape index (κ1) is 18.1. The van der Waals surface area contributed by atoms with E-state index < -0.39 is 5.91 Å². The van der Waals surface area contributed by atoms with Crippen LogP contribution in [0.5, 0.6) is 0 Å². The van der Waals surface area contributed by atoms with Gasteiger partial charge in [-0.25, -0.2) is 4.68 Å². The maximum Gasteiger partial charge on any atom is 0.316 e. The minimum Gasteiger partial charge on any atom is -0.385 e. The number of hydrogen-bond acceptors (Lipinski definition) is 6. The molecule has 0 spiro atoms. The maximum atomic E-state index is 12.0. The summed E-state index contributed by atoms with van der Waals surface area (Å²) >= 11 is 5.91. The van der Waals surface area contributed by atoms with Gasteiger partial charge in [-0.3, -0.25) is 4.79 Å². The zero-order valence-corrected chi connectivity index (χ0v) is 15.2. The molecule has 0 radical (unpaired) electrons. The van der Waals surface area contributed by atoms with Crippen LogP contribution in [0.15, 0.2) is 35.0 Å². The summed E-state index contributed by atoms with van der Waals surface area (Å²) in [5, 5.41) is 11.7. The molecule has 0 fully saturated rings. The van der Waals surface area contributed by atoms with Crippen LogP contribution in [0, 0.1) is 6.92 Å². The second kappa shape index (κ2) is 8.11. The molecule has 3 aromatic rings. The molecule has 0 aliphatic carbocycles. The lowest BCUT2D eigenvalue weighted by Gasteiger charge is -2.00. The second-order valence-electron chi connectivity index (χ2n) is 5.57. The van der Waals surface area contributed by atoms with E-state index in [2.05, 4.69) is 20.6 Å². The normalized spacial score (nSPS) is 10.9. The number of carbonyl (C=O) groups excluding carboxylic acids is 1. The molecular formula is C17H18ClN5O3. The van der Waals surface area contributed by atoms with Gasteiger partial charge in [-0.2, -0.15) is 10.1 Å². The van der Waals surface area contributed by atoms with Crippen LogP contribution < -0.4 is 5.32 Å². The Morgan fingerprint density at radius 2 is 2.12 bits per heavy atom. The molecule has 1 N–H and O–H groups in total. The molecule has 136 valence electrons. The molecule has 0 aliphatic rings. The summed E-state index contributed by atoms with van der Waals surface area (Å²) in [5.74, 6) is -0.191. The lowest BCUT2D eigenvalue weighted by Crippen LogP contribution is -2.25. The molecule has 1 aromatic carbocycles. The highest BCUT2D eigenvalue weighted by atomic mass is 35.5. The van der Waals surface area contributed by atoms with Crippen molar-refractivity contribution in [3.8, 4) is 17.1 Å². The van der Waals surface area contributed by atoms with E-state index in [1.54, 1.807) is 30.1 Å². The van der Waals surface area contributed by atoms with Crippen molar-refractivity contribution >= 4 is 17.5 Å². The number of benzene rings is 1. The molecule has 26 heavy (non-hydrogen) atoms. The molecule has 0 saturated heterocycles. The summed E-state index contributed by atoms with van der Waals surface area (Å²) < 4.78 is 11.7. The third-order valence-corrected chi connectivity index (χ3v) is 3.91. The summed E-state index contributed by atoms with van der Waals surface area (Å²) in [7, 11) is 1.61. The highest BCUT2D eigenvalue weighted by Gasteiger charge is 2.19. The highest BCUT2D eigenvalue weighted by molar-refractivity contribution is 6.30. The van der Waals surface area contributed by atoms with Gasteiger partial charge in [0.25, 0.3) is 0 Å². The molecule has 2 heterocycles. The van der Waals surface area contributed by atoms with Crippen molar-refractivity contribution in [3.63, 3.8) is 0 Å². The van der Waals surface area contributed by atoms with Gasteiger partial charge in [-0.1, -0.05) is 16.8 Å². The van der Waals surface area contributed by atoms with Crippen molar-refractivity contribution in [1.29, 1.82) is 0 Å². The van der Waals surface area contributed by atoms with Gasteiger partial charge < -0.3 is 14.6 Å². The van der Waals surface area contributed by atoms with Crippen LogP contribution >= 0.6 is 11.6 Å². The van der Waals surface area contributed by atoms with Gasteiger partial charge in [-0.05, 0) is 37.6 Å². The molecular weight excluding hydrogens is 358 g/mol. The van der Waals surface area contributed by atoms with Gasteiger partial charge in [0, 0.05) is 31.5 Å². The number of rotatable bonds is 7. The van der Waals surface area contributed by atoms with E-state index in [9.17, 15) is 4.79 Å². The molecule has 9 heteroatoms. The molecule has 0 saturated carbocycles. The molecule has 1 amide bonds. The average Bonchev–Trinajstić information content (AvgIpc) is 3.26. The molecule has 0 aliphatic heterocycles. The zero-order valence-electron chi connectivity index (χ0n) is 14.4. The quantitative estimate of drug-likeness (QED) is 0.638. The van der Waals surface area contributed by atoms with E-state index in [0.29, 0.717) is 41.7 Å². The van der Waals surface area contributed by atoms with Crippen LogP contribution in [0.25, 0.3) is 17.1 Å². The third kappa shape index (κ3) is 4.09. The predicted octanol–water partition coefficient (Wildman–Crippen LogP) is 2.65. The van der Waals surface area contributed by atoms with E-state index in [-0.39, 0.29) is 5.89 Å². The lowest BCUT2D eigenvalue weighted by molar-refractivity contribution is 0.0905. The van der Waals surface area contributed by atoms with Crippen LogP contribution in [0.4, 0.5) is 0 Å². The largest absolute Gasteiger partial charge is 0.385 e. The molecule has 8 nitrogen and oxygen atoms in total. The van der Waals surface area contributed by atoms with Gasteiger partial charge in [0.15, 0.2) is 0 Å². The number of aromatic nitrogens is 4. The lowest BCUT2D eigenvalue weighted by atomic mass is 10.2. The number of ether oxygens (including phenoxy) is 1. The number of carbonyl (C=O) groups is 1. The predicted molar refractivity (Wildman–Crippen MR) is 95.4 cm³/mol. The standard InChI is InChI=1S/C17H18ClN5O3/c1-11-14(10-23(21-11)13-6-4-12(18)5-7-13)15-20-17(26-22-15)16(24)19-8-3-9-25-2/h4-7,10H,3,8-9H2,1-2H3,(H,19,24). The summed E-state index contributed by atoms with van der Waals surface area (Å²) in [6.07, 6.45) is 2.49. The van der Waals surface area contributed by atoms with Crippen LogP contribution in [-0.2, 0) is 4.74 Å². The Morgan fingerprint density at radius 1 is 1.35 bits per heavy atom. The Kier molecular flexibility index (Phi) is 5.65. The van der Waals surface area contributed by atoms with Crippen LogP contribution in [0.2, 0.25) is 5.02 Å². The number of methoxy groups -OCH3 is 1. The number of hydrogen-bond donors (Lipinski definition) is 1. The van der Waals surface area contributed by atoms with Crippen molar-refractivity contribution in [3.05, 3.63) is 47.1 Å². The topological polar surface area (TPSA) is 95.1 Å². The monoisotopic (exact) mass is 375 g/mol. The molecule has 0 bridgehead atoms. The first-order valence-electron chi connectivity index (χ1n) is 8.02. The molecule has 0 unspecified atom stereocenters. The minimum atomic E-state index is -0.414. The number of nitrogens with zero attached hydrogens (tertiary/aromatic N) is 4. The number of aryl methyl sites for hydroxylation is 1. The van der Waals surface area contributed by atoms with Gasteiger partial charge in [0.2, 0.25) is 5.82 Å².